The molecule has 4 heteroatoms. The molecule has 0 aliphatic rings. The van der Waals surface area contributed by atoms with Crippen LogP contribution in [0.5, 0.6) is 0 Å². The molecule has 2 aromatic carbocycles. The van der Waals surface area contributed by atoms with E-state index in [0.29, 0.717) is 6.61 Å². The Hall–Kier alpha value is -2.01. The molecule has 0 aliphatic carbocycles. The van der Waals surface area contributed by atoms with Gasteiger partial charge in [-0.3, -0.25) is 4.99 Å². The van der Waals surface area contributed by atoms with E-state index < -0.39 is 14.4 Å². The van der Waals surface area contributed by atoms with Crippen molar-refractivity contribution in [1.29, 1.82) is 0 Å². The summed E-state index contributed by atoms with van der Waals surface area (Å²) in [7, 11) is -2.00. The lowest BCUT2D eigenvalue weighted by molar-refractivity contribution is 0.147. The zero-order valence-electron chi connectivity index (χ0n) is 27.1. The normalized spacial score (nSPS) is 13.8. The number of hydrogen-bond acceptors (Lipinski definition) is 3. The van der Waals surface area contributed by atoms with Gasteiger partial charge in [0.1, 0.15) is 6.04 Å². The predicted molar refractivity (Wildman–Crippen MR) is 182 cm³/mol. The van der Waals surface area contributed by atoms with Crippen molar-refractivity contribution < 1.29 is 9.53 Å². The van der Waals surface area contributed by atoms with Gasteiger partial charge in [-0.05, 0) is 31.0 Å². The second kappa shape index (κ2) is 19.2. The van der Waals surface area contributed by atoms with Crippen LogP contribution in [0.3, 0.4) is 0 Å². The highest BCUT2D eigenvalue weighted by atomic mass is 28.4. The van der Waals surface area contributed by atoms with Crippen LogP contribution < -0.4 is 0 Å². The van der Waals surface area contributed by atoms with E-state index in [-0.39, 0.29) is 11.1 Å². The molecule has 41 heavy (non-hydrogen) atoms. The first-order valence-corrected chi connectivity index (χ1v) is 19.2. The third kappa shape index (κ3) is 13.7. The molecule has 3 nitrogen and oxygen atoms in total. The summed E-state index contributed by atoms with van der Waals surface area (Å²) in [6.45, 7) is 14.0. The average molecular weight is 578 g/mol. The first-order chi connectivity index (χ1) is 19.7. The molecular formula is C37H59NO2Si. The fourth-order valence-corrected chi connectivity index (χ4v) is 5.71. The zero-order chi connectivity index (χ0) is 30.0. The number of benzene rings is 2. The van der Waals surface area contributed by atoms with Crippen LogP contribution in [0.1, 0.15) is 116 Å². The molecule has 0 saturated heterocycles. The number of allylic oxidation sites excluding steroid dienone is 1. The second-order valence-electron chi connectivity index (χ2n) is 13.1. The number of aliphatic imine (C=N–C) groups is 1. The largest absolute Gasteiger partial charge is 0.415 e. The van der Waals surface area contributed by atoms with Crippen LogP contribution in [0.4, 0.5) is 0 Å². The van der Waals surface area contributed by atoms with Gasteiger partial charge in [0, 0.05) is 11.1 Å². The van der Waals surface area contributed by atoms with Crippen LogP contribution >= 0.6 is 0 Å². The van der Waals surface area contributed by atoms with Gasteiger partial charge in [-0.25, -0.2) is 0 Å². The molecular weight excluding hydrogens is 518 g/mol. The van der Waals surface area contributed by atoms with Crippen LogP contribution in [0.15, 0.2) is 77.8 Å². The van der Waals surface area contributed by atoms with E-state index in [1.165, 1.54) is 70.6 Å². The molecule has 0 bridgehead atoms. The SMILES string of the molecule is CCCCCCCCCCCCC/C=C/[C@H](O)[C@H](CO[Si](C)(C)C(C)(C)C)N=C(c1ccccc1)c1ccccc1. The number of nitrogens with zero attached hydrogens (tertiary/aromatic N) is 1. The molecule has 2 atom stereocenters. The zero-order valence-corrected chi connectivity index (χ0v) is 28.1. The van der Waals surface area contributed by atoms with Gasteiger partial charge in [0.2, 0.25) is 0 Å². The lowest BCUT2D eigenvalue weighted by atomic mass is 10.0. The van der Waals surface area contributed by atoms with E-state index in [2.05, 4.69) is 71.1 Å². The maximum Gasteiger partial charge on any atom is 0.192 e. The van der Waals surface area contributed by atoms with Crippen LogP contribution in [0, 0.1) is 0 Å². The number of aliphatic hydroxyl groups excluding tert-OH is 1. The predicted octanol–water partition coefficient (Wildman–Crippen LogP) is 10.5. The number of hydrogen-bond donors (Lipinski definition) is 1. The van der Waals surface area contributed by atoms with E-state index >= 15 is 0 Å². The van der Waals surface area contributed by atoms with Crippen LogP contribution in [0.25, 0.3) is 0 Å². The molecule has 0 unspecified atom stereocenters. The monoisotopic (exact) mass is 577 g/mol. The lowest BCUT2D eigenvalue weighted by Gasteiger charge is -2.37. The first kappa shape index (κ1) is 35.2. The van der Waals surface area contributed by atoms with Crippen LogP contribution in [-0.2, 0) is 4.43 Å². The highest BCUT2D eigenvalue weighted by molar-refractivity contribution is 6.74. The van der Waals surface area contributed by atoms with Crippen LogP contribution in [0.2, 0.25) is 18.1 Å². The molecule has 0 amide bonds. The van der Waals surface area contributed by atoms with E-state index in [9.17, 15) is 5.11 Å². The minimum absolute atomic E-state index is 0.0960. The Morgan fingerprint density at radius 3 is 1.71 bits per heavy atom. The fourth-order valence-electron chi connectivity index (χ4n) is 4.69. The maximum absolute atomic E-state index is 11.4. The Morgan fingerprint density at radius 1 is 0.780 bits per heavy atom. The first-order valence-electron chi connectivity index (χ1n) is 16.3. The quantitative estimate of drug-likeness (QED) is 0.0736. The Balaban J connectivity index is 2.02. The van der Waals surface area contributed by atoms with Crippen LogP contribution in [-0.4, -0.2) is 37.9 Å². The summed E-state index contributed by atoms with van der Waals surface area (Å²) in [4.78, 5) is 5.19. The van der Waals surface area contributed by atoms with E-state index in [0.717, 1.165) is 23.3 Å². The van der Waals surface area contributed by atoms with Crippen molar-refractivity contribution in [3.8, 4) is 0 Å². The molecule has 1 N–H and O–H groups in total. The minimum atomic E-state index is -2.00. The molecule has 0 radical (unpaired) electrons. The summed E-state index contributed by atoms with van der Waals surface area (Å²) in [5.74, 6) is 0. The lowest BCUT2D eigenvalue weighted by Crippen LogP contribution is -2.44. The highest BCUT2D eigenvalue weighted by Crippen LogP contribution is 2.36. The minimum Gasteiger partial charge on any atom is -0.415 e. The number of rotatable bonds is 20. The highest BCUT2D eigenvalue weighted by Gasteiger charge is 2.38. The van der Waals surface area contributed by atoms with Gasteiger partial charge < -0.3 is 9.53 Å². The molecule has 0 heterocycles. The average Bonchev–Trinajstić information content (AvgIpc) is 2.96. The molecule has 0 aromatic heterocycles. The molecule has 228 valence electrons. The van der Waals surface area contributed by atoms with Gasteiger partial charge in [0.15, 0.2) is 8.32 Å². The fraction of sp³-hybridized carbons (Fsp3) is 0.595. The van der Waals surface area contributed by atoms with Gasteiger partial charge in [0.05, 0.1) is 18.4 Å². The third-order valence-corrected chi connectivity index (χ3v) is 13.0. The summed E-state index contributed by atoms with van der Waals surface area (Å²) < 4.78 is 6.61. The molecule has 0 fully saturated rings. The van der Waals surface area contributed by atoms with Crippen molar-refractivity contribution in [3.63, 3.8) is 0 Å². The van der Waals surface area contributed by atoms with Gasteiger partial charge in [-0.2, -0.15) is 0 Å². The van der Waals surface area contributed by atoms with E-state index in [4.69, 9.17) is 9.42 Å². The standard InChI is InChI=1S/C37H59NO2Si/c1-7-8-9-10-11-12-13-14-15-16-17-18-25-30-35(39)34(31-40-41(5,6)37(2,3)4)38-36(32-26-21-19-22-27-32)33-28-23-20-24-29-33/h19-30,34-35,39H,7-18,31H2,1-6H3/b30-25+/t34-,35-/m0/s1. The van der Waals surface area contributed by atoms with Crippen molar-refractivity contribution in [2.75, 3.05) is 6.61 Å². The van der Waals surface area contributed by atoms with Crippen molar-refractivity contribution in [1.82, 2.24) is 0 Å². The summed E-state index contributed by atoms with van der Waals surface area (Å²) >= 11 is 0. The summed E-state index contributed by atoms with van der Waals surface area (Å²) in [6, 6.07) is 20.2. The molecule has 0 saturated carbocycles. The smallest absolute Gasteiger partial charge is 0.192 e. The molecule has 2 rings (SSSR count). The second-order valence-corrected chi connectivity index (χ2v) is 17.9. The summed E-state index contributed by atoms with van der Waals surface area (Å²) in [5.41, 5.74) is 2.99. The summed E-state index contributed by atoms with van der Waals surface area (Å²) in [6.07, 6.45) is 19.2. The molecule has 0 aliphatic heterocycles. The Labute approximate surface area is 253 Å². The number of aliphatic hydroxyl groups is 1. The van der Waals surface area contributed by atoms with Gasteiger partial charge in [0.25, 0.3) is 0 Å². The third-order valence-electron chi connectivity index (χ3n) is 8.51. The van der Waals surface area contributed by atoms with Gasteiger partial charge in [-0.1, -0.05) is 165 Å². The molecule has 0 spiro atoms. The number of unbranched alkanes of at least 4 members (excludes halogenated alkanes) is 11. The van der Waals surface area contributed by atoms with Crippen molar-refractivity contribution in [3.05, 3.63) is 83.9 Å². The van der Waals surface area contributed by atoms with Crippen molar-refractivity contribution >= 4 is 14.0 Å². The molecule has 2 aromatic rings. The Morgan fingerprint density at radius 2 is 1.24 bits per heavy atom. The van der Waals surface area contributed by atoms with E-state index in [1.807, 2.05) is 42.5 Å². The maximum atomic E-state index is 11.4. The van der Waals surface area contributed by atoms with Gasteiger partial charge >= 0.3 is 0 Å². The Kier molecular flexibility index (Phi) is 16.5. The van der Waals surface area contributed by atoms with Crippen molar-refractivity contribution in [2.24, 2.45) is 4.99 Å². The van der Waals surface area contributed by atoms with Gasteiger partial charge in [-0.15, -0.1) is 0 Å². The summed E-state index contributed by atoms with van der Waals surface area (Å²) in [5, 5.41) is 11.5. The topological polar surface area (TPSA) is 41.8 Å². The Bertz CT molecular complexity index is 953. The van der Waals surface area contributed by atoms with Crippen molar-refractivity contribution in [2.45, 2.75) is 135 Å². The van der Waals surface area contributed by atoms with E-state index in [1.54, 1.807) is 0 Å².